The summed E-state index contributed by atoms with van der Waals surface area (Å²) in [4.78, 5) is 2.35. The molecule has 0 aliphatic heterocycles. The van der Waals surface area contributed by atoms with Gasteiger partial charge >= 0.3 is 0 Å². The second-order valence-electron chi connectivity index (χ2n) is 4.18. The van der Waals surface area contributed by atoms with E-state index in [4.69, 9.17) is 15.2 Å². The summed E-state index contributed by atoms with van der Waals surface area (Å²) >= 11 is 0. The lowest BCUT2D eigenvalue weighted by Crippen LogP contribution is -2.32. The minimum absolute atomic E-state index is 0.567. The van der Waals surface area contributed by atoms with Gasteiger partial charge in [-0.05, 0) is 12.5 Å². The number of ether oxygens (including phenoxy) is 2. The Morgan fingerprint density at radius 1 is 1.22 bits per heavy atom. The smallest absolute Gasteiger partial charge is 0.145 e. The SMILES string of the molecule is COCCCN(CCOC)CCn1ccc(N)n1. The van der Waals surface area contributed by atoms with Crippen molar-refractivity contribution in [2.75, 3.05) is 52.8 Å². The van der Waals surface area contributed by atoms with Crippen LogP contribution in [-0.4, -0.2) is 61.7 Å². The van der Waals surface area contributed by atoms with Gasteiger partial charge in [-0.15, -0.1) is 0 Å². The van der Waals surface area contributed by atoms with E-state index >= 15 is 0 Å². The Morgan fingerprint density at radius 2 is 2.00 bits per heavy atom. The Labute approximate surface area is 109 Å². The fraction of sp³-hybridized carbons (Fsp3) is 0.750. The molecule has 0 atom stereocenters. The van der Waals surface area contributed by atoms with E-state index < -0.39 is 0 Å². The summed E-state index contributed by atoms with van der Waals surface area (Å²) in [7, 11) is 3.45. The van der Waals surface area contributed by atoms with E-state index in [9.17, 15) is 0 Å². The van der Waals surface area contributed by atoms with Crippen LogP contribution in [0.2, 0.25) is 0 Å². The van der Waals surface area contributed by atoms with E-state index in [1.54, 1.807) is 14.2 Å². The van der Waals surface area contributed by atoms with E-state index in [0.29, 0.717) is 5.82 Å². The monoisotopic (exact) mass is 256 g/mol. The maximum atomic E-state index is 5.58. The largest absolute Gasteiger partial charge is 0.385 e. The van der Waals surface area contributed by atoms with E-state index in [1.165, 1.54) is 0 Å². The molecule has 6 heteroatoms. The van der Waals surface area contributed by atoms with Gasteiger partial charge in [-0.2, -0.15) is 5.10 Å². The molecule has 0 amide bonds. The van der Waals surface area contributed by atoms with Gasteiger partial charge in [-0.1, -0.05) is 0 Å². The summed E-state index contributed by atoms with van der Waals surface area (Å²) < 4.78 is 12.1. The standard InChI is InChI=1S/C12H24N4O2/c1-17-10-3-5-15(9-11-18-2)7-8-16-6-4-12(13)14-16/h4,6H,3,5,7-11H2,1-2H3,(H2,13,14). The molecule has 0 spiro atoms. The van der Waals surface area contributed by atoms with Crippen LogP contribution in [0.5, 0.6) is 0 Å². The van der Waals surface area contributed by atoms with Crippen molar-refractivity contribution >= 4 is 5.82 Å². The van der Waals surface area contributed by atoms with E-state index in [-0.39, 0.29) is 0 Å². The molecule has 0 bridgehead atoms. The van der Waals surface area contributed by atoms with E-state index in [1.807, 2.05) is 16.9 Å². The van der Waals surface area contributed by atoms with Crippen LogP contribution in [0.3, 0.4) is 0 Å². The van der Waals surface area contributed by atoms with Gasteiger partial charge < -0.3 is 15.2 Å². The quantitative estimate of drug-likeness (QED) is 0.616. The molecule has 6 nitrogen and oxygen atoms in total. The van der Waals surface area contributed by atoms with E-state index in [0.717, 1.165) is 45.8 Å². The van der Waals surface area contributed by atoms with Crippen molar-refractivity contribution < 1.29 is 9.47 Å². The molecule has 0 fully saturated rings. The molecule has 18 heavy (non-hydrogen) atoms. The van der Waals surface area contributed by atoms with Crippen LogP contribution in [0.25, 0.3) is 0 Å². The van der Waals surface area contributed by atoms with Gasteiger partial charge in [-0.3, -0.25) is 9.58 Å². The molecule has 1 aromatic rings. The average molecular weight is 256 g/mol. The molecule has 0 aliphatic rings. The summed E-state index contributed by atoms with van der Waals surface area (Å²) in [6.45, 7) is 5.25. The Bertz CT molecular complexity index is 317. The third-order valence-electron chi connectivity index (χ3n) is 2.74. The Balaban J connectivity index is 2.29. The first kappa shape index (κ1) is 14.9. The zero-order valence-electron chi connectivity index (χ0n) is 11.3. The first-order chi connectivity index (χ1) is 8.76. The molecule has 1 rings (SSSR count). The lowest BCUT2D eigenvalue weighted by atomic mass is 10.3. The number of nitrogens with two attached hydrogens (primary N) is 1. The Morgan fingerprint density at radius 3 is 2.61 bits per heavy atom. The van der Waals surface area contributed by atoms with Crippen molar-refractivity contribution in [2.24, 2.45) is 0 Å². The summed E-state index contributed by atoms with van der Waals surface area (Å²) in [5, 5.41) is 4.17. The summed E-state index contributed by atoms with van der Waals surface area (Å²) in [6.07, 6.45) is 2.93. The summed E-state index contributed by atoms with van der Waals surface area (Å²) in [5.74, 6) is 0.567. The van der Waals surface area contributed by atoms with Crippen molar-refractivity contribution in [3.63, 3.8) is 0 Å². The number of anilines is 1. The van der Waals surface area contributed by atoms with Gasteiger partial charge in [0.2, 0.25) is 0 Å². The van der Waals surface area contributed by atoms with Gasteiger partial charge in [0.1, 0.15) is 5.82 Å². The van der Waals surface area contributed by atoms with Crippen LogP contribution in [0.4, 0.5) is 5.82 Å². The summed E-state index contributed by atoms with van der Waals surface area (Å²) in [6, 6.07) is 1.81. The number of nitrogens with zero attached hydrogens (tertiary/aromatic N) is 3. The molecular weight excluding hydrogens is 232 g/mol. The average Bonchev–Trinajstić information content (AvgIpc) is 2.78. The van der Waals surface area contributed by atoms with Crippen LogP contribution in [-0.2, 0) is 16.0 Å². The van der Waals surface area contributed by atoms with Gasteiger partial charge in [0.15, 0.2) is 0 Å². The molecule has 0 aromatic carbocycles. The number of hydrogen-bond acceptors (Lipinski definition) is 5. The van der Waals surface area contributed by atoms with Crippen LogP contribution in [0, 0.1) is 0 Å². The predicted molar refractivity (Wildman–Crippen MR) is 71.4 cm³/mol. The Kier molecular flexibility index (Phi) is 7.40. The van der Waals surface area contributed by atoms with Gasteiger partial charge in [0, 0.05) is 46.7 Å². The molecule has 1 heterocycles. The lowest BCUT2D eigenvalue weighted by Gasteiger charge is -2.21. The maximum Gasteiger partial charge on any atom is 0.145 e. The minimum Gasteiger partial charge on any atom is -0.385 e. The highest BCUT2D eigenvalue weighted by atomic mass is 16.5. The summed E-state index contributed by atoms with van der Waals surface area (Å²) in [5.41, 5.74) is 5.58. The van der Waals surface area contributed by atoms with E-state index in [2.05, 4.69) is 10.00 Å². The second-order valence-corrected chi connectivity index (χ2v) is 4.18. The number of aromatic nitrogens is 2. The van der Waals surface area contributed by atoms with Crippen molar-refractivity contribution in [2.45, 2.75) is 13.0 Å². The molecule has 0 saturated heterocycles. The van der Waals surface area contributed by atoms with Crippen LogP contribution >= 0.6 is 0 Å². The maximum absolute atomic E-state index is 5.58. The Hall–Kier alpha value is -1.11. The van der Waals surface area contributed by atoms with Crippen molar-refractivity contribution in [3.05, 3.63) is 12.3 Å². The fourth-order valence-corrected chi connectivity index (χ4v) is 1.73. The topological polar surface area (TPSA) is 65.5 Å². The molecule has 1 aromatic heterocycles. The molecule has 0 saturated carbocycles. The highest BCUT2D eigenvalue weighted by Crippen LogP contribution is 1.98. The first-order valence-electron chi connectivity index (χ1n) is 6.25. The van der Waals surface area contributed by atoms with Gasteiger partial charge in [0.05, 0.1) is 13.2 Å². The zero-order chi connectivity index (χ0) is 13.2. The third kappa shape index (κ3) is 6.00. The molecule has 0 radical (unpaired) electrons. The van der Waals surface area contributed by atoms with Crippen molar-refractivity contribution in [1.29, 1.82) is 0 Å². The predicted octanol–water partition coefficient (Wildman–Crippen LogP) is 0.450. The fourth-order valence-electron chi connectivity index (χ4n) is 1.73. The lowest BCUT2D eigenvalue weighted by molar-refractivity contribution is 0.130. The number of nitrogen functional groups attached to an aromatic ring is 1. The van der Waals surface area contributed by atoms with Crippen molar-refractivity contribution in [3.8, 4) is 0 Å². The number of methoxy groups -OCH3 is 2. The molecule has 104 valence electrons. The normalized spacial score (nSPS) is 11.3. The number of rotatable bonds is 10. The minimum atomic E-state index is 0.567. The molecule has 0 aliphatic carbocycles. The van der Waals surface area contributed by atoms with Crippen LogP contribution in [0.15, 0.2) is 12.3 Å². The van der Waals surface area contributed by atoms with Crippen LogP contribution in [0.1, 0.15) is 6.42 Å². The van der Waals surface area contributed by atoms with Gasteiger partial charge in [-0.25, -0.2) is 0 Å². The van der Waals surface area contributed by atoms with Crippen LogP contribution < -0.4 is 5.73 Å². The molecule has 0 unspecified atom stereocenters. The molecule has 2 N–H and O–H groups in total. The second kappa shape index (κ2) is 8.91. The highest BCUT2D eigenvalue weighted by Gasteiger charge is 2.05. The third-order valence-corrected chi connectivity index (χ3v) is 2.74. The molecular formula is C12H24N4O2. The van der Waals surface area contributed by atoms with Crippen molar-refractivity contribution in [1.82, 2.24) is 14.7 Å². The first-order valence-corrected chi connectivity index (χ1v) is 6.25. The zero-order valence-corrected chi connectivity index (χ0v) is 11.3. The highest BCUT2D eigenvalue weighted by molar-refractivity contribution is 5.23. The number of hydrogen-bond donors (Lipinski definition) is 1. The van der Waals surface area contributed by atoms with Gasteiger partial charge in [0.25, 0.3) is 0 Å².